The zero-order valence-electron chi connectivity index (χ0n) is 16.0. The van der Waals surface area contributed by atoms with Crippen molar-refractivity contribution in [3.05, 3.63) is 59.6 Å². The van der Waals surface area contributed by atoms with Crippen LogP contribution in [0.25, 0.3) is 10.2 Å². The minimum absolute atomic E-state index is 0.0520. The Labute approximate surface area is 164 Å². The normalized spacial score (nSPS) is 12.3. The van der Waals surface area contributed by atoms with E-state index in [1.54, 1.807) is 16.2 Å². The Balaban J connectivity index is 1.50. The average Bonchev–Trinajstić information content (AvgIpc) is 3.11. The van der Waals surface area contributed by atoms with Crippen molar-refractivity contribution in [3.8, 4) is 5.75 Å². The maximum absolute atomic E-state index is 12.6. The van der Waals surface area contributed by atoms with Crippen LogP contribution in [0.15, 0.2) is 54.6 Å². The minimum Gasteiger partial charge on any atom is -0.492 e. The van der Waals surface area contributed by atoms with E-state index in [1.807, 2.05) is 74.4 Å². The van der Waals surface area contributed by atoms with Gasteiger partial charge in [-0.05, 0) is 38.2 Å². The highest BCUT2D eigenvalue weighted by Crippen LogP contribution is 2.28. The number of hydrogen-bond acceptors (Lipinski definition) is 5. The van der Waals surface area contributed by atoms with Crippen LogP contribution in [0.5, 0.6) is 5.75 Å². The highest BCUT2D eigenvalue weighted by Gasteiger charge is 2.21. The number of thiazole rings is 1. The number of para-hydroxylation sites is 2. The molecular formula is C21H25N3O2S. The molecule has 2 aromatic carbocycles. The number of carbonyl (C=O) groups is 1. The summed E-state index contributed by atoms with van der Waals surface area (Å²) in [6.45, 7) is 3.60. The van der Waals surface area contributed by atoms with Gasteiger partial charge in [-0.2, -0.15) is 0 Å². The van der Waals surface area contributed by atoms with E-state index in [2.05, 4.69) is 11.1 Å². The molecule has 0 fully saturated rings. The highest BCUT2D eigenvalue weighted by atomic mass is 32.1. The molecule has 0 N–H and O–H groups in total. The smallest absolute Gasteiger partial charge is 0.237 e. The van der Waals surface area contributed by atoms with Gasteiger partial charge in [0.15, 0.2) is 0 Å². The molecule has 3 rings (SSSR count). The first-order chi connectivity index (χ1) is 13.0. The molecule has 27 heavy (non-hydrogen) atoms. The van der Waals surface area contributed by atoms with E-state index in [4.69, 9.17) is 4.74 Å². The summed E-state index contributed by atoms with van der Waals surface area (Å²) in [6, 6.07) is 17.7. The second kappa shape index (κ2) is 8.97. The molecule has 0 bridgehead atoms. The maximum Gasteiger partial charge on any atom is 0.237 e. The van der Waals surface area contributed by atoms with Crippen molar-refractivity contribution in [2.75, 3.05) is 33.8 Å². The second-order valence-electron chi connectivity index (χ2n) is 6.60. The van der Waals surface area contributed by atoms with Crippen molar-refractivity contribution < 1.29 is 9.53 Å². The molecule has 0 aliphatic rings. The number of amides is 1. The largest absolute Gasteiger partial charge is 0.492 e. The Kier molecular flexibility index (Phi) is 6.42. The topological polar surface area (TPSA) is 45.7 Å². The van der Waals surface area contributed by atoms with Gasteiger partial charge in [0.25, 0.3) is 0 Å². The minimum atomic E-state index is -0.0520. The van der Waals surface area contributed by atoms with E-state index in [9.17, 15) is 4.79 Å². The fourth-order valence-electron chi connectivity index (χ4n) is 2.71. The first-order valence-corrected chi connectivity index (χ1v) is 9.84. The van der Waals surface area contributed by atoms with Crippen LogP contribution in [0.2, 0.25) is 0 Å². The summed E-state index contributed by atoms with van der Waals surface area (Å²) < 4.78 is 6.84. The van der Waals surface area contributed by atoms with Gasteiger partial charge in [0, 0.05) is 13.6 Å². The molecule has 1 atom stereocenters. The number of nitrogens with zero attached hydrogens (tertiary/aromatic N) is 3. The molecule has 0 aliphatic carbocycles. The summed E-state index contributed by atoms with van der Waals surface area (Å²) in [7, 11) is 3.77. The third-order valence-corrected chi connectivity index (χ3v) is 5.74. The maximum atomic E-state index is 12.6. The Morgan fingerprint density at radius 3 is 2.56 bits per heavy atom. The fraction of sp³-hybridized carbons (Fsp3) is 0.333. The standard InChI is InChI=1S/C21H25N3O2S/c1-16(21-22-18-11-7-8-12-19(18)27-21)24(3)20(25)15-23(2)13-14-26-17-9-5-4-6-10-17/h4-12,16H,13-15H2,1-3H3/t16-/m1/s1. The van der Waals surface area contributed by atoms with E-state index in [-0.39, 0.29) is 11.9 Å². The van der Waals surface area contributed by atoms with Gasteiger partial charge in [0.2, 0.25) is 5.91 Å². The Morgan fingerprint density at radius 2 is 1.81 bits per heavy atom. The molecule has 0 aliphatic heterocycles. The molecule has 1 aromatic heterocycles. The lowest BCUT2D eigenvalue weighted by atomic mass is 10.3. The molecule has 0 unspecified atom stereocenters. The summed E-state index contributed by atoms with van der Waals surface area (Å²) in [5.41, 5.74) is 0.986. The predicted octanol–water partition coefficient (Wildman–Crippen LogP) is 3.83. The van der Waals surface area contributed by atoms with Gasteiger partial charge in [0.1, 0.15) is 17.4 Å². The molecule has 1 heterocycles. The molecular weight excluding hydrogens is 358 g/mol. The second-order valence-corrected chi connectivity index (χ2v) is 7.66. The number of fused-ring (bicyclic) bond motifs is 1. The van der Waals surface area contributed by atoms with E-state index in [0.717, 1.165) is 21.0 Å². The molecule has 0 radical (unpaired) electrons. The molecule has 3 aromatic rings. The van der Waals surface area contributed by atoms with Gasteiger partial charge < -0.3 is 9.64 Å². The molecule has 6 heteroatoms. The molecule has 0 spiro atoms. The first-order valence-electron chi connectivity index (χ1n) is 9.02. The van der Waals surface area contributed by atoms with E-state index in [1.165, 1.54) is 0 Å². The third kappa shape index (κ3) is 5.05. The molecule has 0 saturated heterocycles. The summed E-state index contributed by atoms with van der Waals surface area (Å²) >= 11 is 1.64. The molecule has 0 saturated carbocycles. The lowest BCUT2D eigenvalue weighted by molar-refractivity contribution is -0.132. The Hall–Kier alpha value is -2.44. The highest BCUT2D eigenvalue weighted by molar-refractivity contribution is 7.18. The van der Waals surface area contributed by atoms with Gasteiger partial charge in [-0.3, -0.25) is 9.69 Å². The van der Waals surface area contributed by atoms with Crippen LogP contribution in [-0.4, -0.2) is 54.5 Å². The van der Waals surface area contributed by atoms with E-state index < -0.39 is 0 Å². The van der Waals surface area contributed by atoms with Crippen molar-refractivity contribution in [2.45, 2.75) is 13.0 Å². The van der Waals surface area contributed by atoms with Crippen LogP contribution in [0.4, 0.5) is 0 Å². The van der Waals surface area contributed by atoms with Crippen LogP contribution in [-0.2, 0) is 4.79 Å². The summed E-state index contributed by atoms with van der Waals surface area (Å²) in [6.07, 6.45) is 0. The first kappa shape index (κ1) is 19.3. The van der Waals surface area contributed by atoms with Gasteiger partial charge in [-0.1, -0.05) is 30.3 Å². The van der Waals surface area contributed by atoms with E-state index in [0.29, 0.717) is 19.7 Å². The Morgan fingerprint density at radius 1 is 1.11 bits per heavy atom. The van der Waals surface area contributed by atoms with Crippen LogP contribution >= 0.6 is 11.3 Å². The van der Waals surface area contributed by atoms with Gasteiger partial charge >= 0.3 is 0 Å². The van der Waals surface area contributed by atoms with Crippen LogP contribution in [0.3, 0.4) is 0 Å². The molecule has 5 nitrogen and oxygen atoms in total. The summed E-state index contributed by atoms with van der Waals surface area (Å²) in [5.74, 6) is 0.919. The molecule has 1 amide bonds. The van der Waals surface area contributed by atoms with Crippen molar-refractivity contribution >= 4 is 27.5 Å². The van der Waals surface area contributed by atoms with Crippen LogP contribution < -0.4 is 4.74 Å². The summed E-state index contributed by atoms with van der Waals surface area (Å²) in [4.78, 5) is 21.1. The number of likely N-dealkylation sites (N-methyl/N-ethyl adjacent to an activating group) is 2. The fourth-order valence-corrected chi connectivity index (χ4v) is 3.77. The van der Waals surface area contributed by atoms with E-state index >= 15 is 0 Å². The average molecular weight is 384 g/mol. The predicted molar refractivity (Wildman–Crippen MR) is 110 cm³/mol. The van der Waals surface area contributed by atoms with Crippen molar-refractivity contribution in [1.29, 1.82) is 0 Å². The number of carbonyl (C=O) groups excluding carboxylic acids is 1. The zero-order valence-corrected chi connectivity index (χ0v) is 16.8. The lowest BCUT2D eigenvalue weighted by Crippen LogP contribution is -2.39. The Bertz CT molecular complexity index is 848. The number of benzene rings is 2. The molecule has 142 valence electrons. The monoisotopic (exact) mass is 383 g/mol. The van der Waals surface area contributed by atoms with Crippen LogP contribution in [0, 0.1) is 0 Å². The van der Waals surface area contributed by atoms with Crippen molar-refractivity contribution in [1.82, 2.24) is 14.8 Å². The van der Waals surface area contributed by atoms with Gasteiger partial charge in [-0.15, -0.1) is 11.3 Å². The summed E-state index contributed by atoms with van der Waals surface area (Å²) in [5, 5.41) is 0.960. The number of ether oxygens (including phenoxy) is 1. The van der Waals surface area contributed by atoms with Crippen molar-refractivity contribution in [3.63, 3.8) is 0 Å². The van der Waals surface area contributed by atoms with Gasteiger partial charge in [-0.25, -0.2) is 4.98 Å². The zero-order chi connectivity index (χ0) is 19.2. The SMILES string of the molecule is C[C@H](c1nc2ccccc2s1)N(C)C(=O)CN(C)CCOc1ccccc1. The number of aromatic nitrogens is 1. The number of hydrogen-bond donors (Lipinski definition) is 0. The lowest BCUT2D eigenvalue weighted by Gasteiger charge is -2.26. The third-order valence-electron chi connectivity index (χ3n) is 4.53. The van der Waals surface area contributed by atoms with Crippen LogP contribution in [0.1, 0.15) is 18.0 Å². The van der Waals surface area contributed by atoms with Crippen molar-refractivity contribution in [2.24, 2.45) is 0 Å². The van der Waals surface area contributed by atoms with Gasteiger partial charge in [0.05, 0.1) is 22.8 Å². The number of rotatable bonds is 8. The quantitative estimate of drug-likeness (QED) is 0.593.